The van der Waals surface area contributed by atoms with Crippen LogP contribution in [0.1, 0.15) is 24.4 Å². The zero-order chi connectivity index (χ0) is 14.8. The predicted molar refractivity (Wildman–Crippen MR) is 85.5 cm³/mol. The van der Waals surface area contributed by atoms with Gasteiger partial charge in [0.25, 0.3) is 0 Å². The first kappa shape index (κ1) is 13.4. The van der Waals surface area contributed by atoms with E-state index in [1.807, 2.05) is 4.68 Å². The molecular formula is C17H19N5. The molecule has 0 radical (unpaired) electrons. The van der Waals surface area contributed by atoms with Gasteiger partial charge in [-0.15, -0.1) is 5.10 Å². The van der Waals surface area contributed by atoms with Crippen molar-refractivity contribution in [3.63, 3.8) is 0 Å². The standard InChI is InChI=1S/C17H19N5/c1-2-5-14-10-15(8-7-13(14)4-1)17(22-12-19-20-21-22)16-6-3-9-18-11-16/h1-2,4-5,7-8,10,12,16-18H,3,6,9,11H2/t16-,17-/m1/s1. The minimum absolute atomic E-state index is 0.187. The summed E-state index contributed by atoms with van der Waals surface area (Å²) in [6.07, 6.45) is 4.13. The third-order valence-electron chi connectivity index (χ3n) is 4.55. The second-order valence-corrected chi connectivity index (χ2v) is 5.95. The number of rotatable bonds is 3. The SMILES string of the molecule is c1ccc2cc([C@H]([C@@H]3CCCNC3)n3cnnn3)ccc2c1. The second kappa shape index (κ2) is 5.85. The van der Waals surface area contributed by atoms with E-state index in [9.17, 15) is 0 Å². The largest absolute Gasteiger partial charge is 0.316 e. The molecule has 1 N–H and O–H groups in total. The first-order chi connectivity index (χ1) is 10.9. The maximum absolute atomic E-state index is 4.18. The normalized spacial score (nSPS) is 20.1. The van der Waals surface area contributed by atoms with Crippen molar-refractivity contribution in [3.8, 4) is 0 Å². The molecule has 1 aliphatic heterocycles. The number of hydrogen-bond donors (Lipinski definition) is 1. The number of nitrogens with zero attached hydrogens (tertiary/aromatic N) is 4. The smallest absolute Gasteiger partial charge is 0.138 e. The second-order valence-electron chi connectivity index (χ2n) is 5.95. The molecule has 2 atom stereocenters. The highest BCUT2D eigenvalue weighted by Crippen LogP contribution is 2.32. The van der Waals surface area contributed by atoms with Gasteiger partial charge in [-0.2, -0.15) is 0 Å². The van der Waals surface area contributed by atoms with E-state index in [1.54, 1.807) is 6.33 Å². The van der Waals surface area contributed by atoms with Gasteiger partial charge in [0.15, 0.2) is 0 Å². The molecule has 2 heterocycles. The van der Waals surface area contributed by atoms with Gasteiger partial charge in [-0.3, -0.25) is 0 Å². The fourth-order valence-corrected chi connectivity index (χ4v) is 3.48. The summed E-state index contributed by atoms with van der Waals surface area (Å²) in [5.74, 6) is 0.512. The molecule has 4 rings (SSSR count). The highest BCUT2D eigenvalue weighted by molar-refractivity contribution is 5.83. The number of hydrogen-bond acceptors (Lipinski definition) is 4. The summed E-state index contributed by atoms with van der Waals surface area (Å²) in [5, 5.41) is 17.9. The lowest BCUT2D eigenvalue weighted by atomic mass is 9.86. The fraction of sp³-hybridized carbons (Fsp3) is 0.353. The Labute approximate surface area is 129 Å². The van der Waals surface area contributed by atoms with Crippen LogP contribution < -0.4 is 5.32 Å². The van der Waals surface area contributed by atoms with E-state index >= 15 is 0 Å². The Hall–Kier alpha value is -2.27. The molecule has 112 valence electrons. The minimum Gasteiger partial charge on any atom is -0.316 e. The van der Waals surface area contributed by atoms with Crippen LogP contribution in [0.3, 0.4) is 0 Å². The lowest BCUT2D eigenvalue weighted by Crippen LogP contribution is -2.36. The first-order valence-electron chi connectivity index (χ1n) is 7.84. The van der Waals surface area contributed by atoms with E-state index in [2.05, 4.69) is 63.3 Å². The summed E-state index contributed by atoms with van der Waals surface area (Å²) in [7, 11) is 0. The Morgan fingerprint density at radius 1 is 1.14 bits per heavy atom. The fourth-order valence-electron chi connectivity index (χ4n) is 3.48. The third-order valence-corrected chi connectivity index (χ3v) is 4.55. The van der Waals surface area contributed by atoms with Gasteiger partial charge in [0.2, 0.25) is 0 Å². The molecule has 2 aromatic carbocycles. The summed E-state index contributed by atoms with van der Waals surface area (Å²) in [4.78, 5) is 0. The van der Waals surface area contributed by atoms with Crippen molar-refractivity contribution in [1.29, 1.82) is 0 Å². The summed E-state index contributed by atoms with van der Waals surface area (Å²) in [6, 6.07) is 15.3. The molecule has 0 spiro atoms. The van der Waals surface area contributed by atoms with Crippen molar-refractivity contribution in [1.82, 2.24) is 25.5 Å². The molecule has 0 unspecified atom stereocenters. The Bertz CT molecular complexity index is 747. The maximum Gasteiger partial charge on any atom is 0.138 e. The van der Waals surface area contributed by atoms with Crippen LogP contribution in [0, 0.1) is 5.92 Å². The Morgan fingerprint density at radius 2 is 2.05 bits per heavy atom. The summed E-state index contributed by atoms with van der Waals surface area (Å²) < 4.78 is 1.90. The van der Waals surface area contributed by atoms with Crippen molar-refractivity contribution >= 4 is 10.8 Å². The van der Waals surface area contributed by atoms with Crippen LogP contribution in [0.2, 0.25) is 0 Å². The van der Waals surface area contributed by atoms with Gasteiger partial charge in [0.1, 0.15) is 6.33 Å². The Kier molecular flexibility index (Phi) is 3.56. The van der Waals surface area contributed by atoms with Crippen LogP contribution in [-0.4, -0.2) is 33.3 Å². The monoisotopic (exact) mass is 293 g/mol. The molecule has 0 amide bonds. The van der Waals surface area contributed by atoms with Gasteiger partial charge < -0.3 is 5.32 Å². The van der Waals surface area contributed by atoms with Crippen LogP contribution in [0.25, 0.3) is 10.8 Å². The Morgan fingerprint density at radius 3 is 2.82 bits per heavy atom. The summed E-state index contributed by atoms with van der Waals surface area (Å²) >= 11 is 0. The molecule has 0 aliphatic carbocycles. The van der Waals surface area contributed by atoms with E-state index in [0.29, 0.717) is 5.92 Å². The molecule has 1 aliphatic rings. The number of aromatic nitrogens is 4. The lowest BCUT2D eigenvalue weighted by molar-refractivity contribution is 0.279. The summed E-state index contributed by atoms with van der Waals surface area (Å²) in [5.41, 5.74) is 1.28. The van der Waals surface area contributed by atoms with Gasteiger partial charge in [-0.25, -0.2) is 4.68 Å². The quantitative estimate of drug-likeness (QED) is 0.806. The highest BCUT2D eigenvalue weighted by Gasteiger charge is 2.27. The van der Waals surface area contributed by atoms with Gasteiger partial charge in [0, 0.05) is 6.54 Å². The first-order valence-corrected chi connectivity index (χ1v) is 7.84. The molecule has 0 bridgehead atoms. The molecule has 1 fully saturated rings. The zero-order valence-corrected chi connectivity index (χ0v) is 12.4. The van der Waals surface area contributed by atoms with Crippen LogP contribution in [-0.2, 0) is 0 Å². The average molecular weight is 293 g/mol. The topological polar surface area (TPSA) is 55.6 Å². The zero-order valence-electron chi connectivity index (χ0n) is 12.4. The Balaban J connectivity index is 1.78. The van der Waals surface area contributed by atoms with E-state index in [0.717, 1.165) is 13.1 Å². The van der Waals surface area contributed by atoms with E-state index in [1.165, 1.54) is 29.2 Å². The van der Waals surface area contributed by atoms with Crippen molar-refractivity contribution in [2.45, 2.75) is 18.9 Å². The van der Waals surface area contributed by atoms with Gasteiger partial charge in [-0.05, 0) is 58.1 Å². The highest BCUT2D eigenvalue weighted by atomic mass is 15.5. The van der Waals surface area contributed by atoms with Crippen molar-refractivity contribution in [3.05, 3.63) is 54.4 Å². The summed E-state index contributed by atoms with van der Waals surface area (Å²) in [6.45, 7) is 2.12. The van der Waals surface area contributed by atoms with E-state index in [-0.39, 0.29) is 6.04 Å². The number of benzene rings is 2. The van der Waals surface area contributed by atoms with E-state index in [4.69, 9.17) is 0 Å². The van der Waals surface area contributed by atoms with Gasteiger partial charge in [-0.1, -0.05) is 36.4 Å². The molecule has 5 nitrogen and oxygen atoms in total. The van der Waals surface area contributed by atoms with Crippen LogP contribution in [0.4, 0.5) is 0 Å². The van der Waals surface area contributed by atoms with E-state index < -0.39 is 0 Å². The maximum atomic E-state index is 4.18. The molecule has 22 heavy (non-hydrogen) atoms. The molecule has 0 saturated carbocycles. The number of tetrazole rings is 1. The van der Waals surface area contributed by atoms with Gasteiger partial charge >= 0.3 is 0 Å². The number of piperidine rings is 1. The third kappa shape index (κ3) is 2.48. The van der Waals surface area contributed by atoms with Crippen molar-refractivity contribution in [2.24, 2.45) is 5.92 Å². The minimum atomic E-state index is 0.187. The van der Waals surface area contributed by atoms with Crippen LogP contribution in [0.15, 0.2) is 48.8 Å². The van der Waals surface area contributed by atoms with Crippen LogP contribution in [0.5, 0.6) is 0 Å². The molecule has 3 aromatic rings. The predicted octanol–water partition coefficient (Wildman–Crippen LogP) is 2.42. The number of fused-ring (bicyclic) bond motifs is 1. The van der Waals surface area contributed by atoms with Crippen molar-refractivity contribution < 1.29 is 0 Å². The van der Waals surface area contributed by atoms with Crippen LogP contribution >= 0.6 is 0 Å². The molecule has 1 saturated heterocycles. The number of nitrogens with one attached hydrogen (secondary N) is 1. The van der Waals surface area contributed by atoms with Gasteiger partial charge in [0.05, 0.1) is 6.04 Å². The lowest BCUT2D eigenvalue weighted by Gasteiger charge is -2.30. The molecule has 1 aromatic heterocycles. The van der Waals surface area contributed by atoms with Crippen molar-refractivity contribution in [2.75, 3.05) is 13.1 Å². The average Bonchev–Trinajstić information content (AvgIpc) is 3.10. The molecular weight excluding hydrogens is 274 g/mol. The molecule has 5 heteroatoms.